The third-order valence-electron chi connectivity index (χ3n) is 3.09. The second kappa shape index (κ2) is 6.24. The van der Waals surface area contributed by atoms with Gasteiger partial charge in [0.15, 0.2) is 0 Å². The number of carbonyl (C=O) groups is 1. The highest BCUT2D eigenvalue weighted by atomic mass is 35.5. The minimum absolute atomic E-state index is 0. The number of hydrogen-bond donors (Lipinski definition) is 2. The molecule has 2 N–H and O–H groups in total. The highest BCUT2D eigenvalue weighted by Gasteiger charge is 2.19. The summed E-state index contributed by atoms with van der Waals surface area (Å²) in [4.78, 5) is 15.5. The van der Waals surface area contributed by atoms with Crippen molar-refractivity contribution in [2.45, 2.75) is 26.4 Å². The Labute approximate surface area is 129 Å². The van der Waals surface area contributed by atoms with Crippen molar-refractivity contribution in [3.63, 3.8) is 0 Å². The van der Waals surface area contributed by atoms with Crippen LogP contribution in [0.5, 0.6) is 0 Å². The fourth-order valence-corrected chi connectivity index (χ4v) is 1.89. The summed E-state index contributed by atoms with van der Waals surface area (Å²) in [6, 6.07) is 8.57. The predicted octanol–water partition coefficient (Wildman–Crippen LogP) is 3.40. The van der Waals surface area contributed by atoms with E-state index >= 15 is 0 Å². The zero-order valence-electron chi connectivity index (χ0n) is 12.1. The van der Waals surface area contributed by atoms with Crippen LogP contribution in [-0.4, -0.2) is 21.2 Å². The van der Waals surface area contributed by atoms with Crippen molar-refractivity contribution in [3.05, 3.63) is 53.2 Å². The molecule has 0 radical (unpaired) electrons. The Bertz CT molecular complexity index is 646. The van der Waals surface area contributed by atoms with Crippen LogP contribution in [-0.2, 0) is 5.60 Å². The molecule has 0 saturated carbocycles. The molecular formula is C16H18ClNO3. The molecule has 0 atom stereocenters. The Morgan fingerprint density at radius 3 is 2.33 bits per heavy atom. The first-order chi connectivity index (χ1) is 9.27. The van der Waals surface area contributed by atoms with Crippen LogP contribution in [0.25, 0.3) is 11.3 Å². The number of nitrogens with zero attached hydrogens (tertiary/aromatic N) is 1. The molecule has 0 saturated heterocycles. The lowest BCUT2D eigenvalue weighted by Crippen LogP contribution is -2.16. The number of benzene rings is 1. The maximum atomic E-state index is 11.2. The van der Waals surface area contributed by atoms with Crippen LogP contribution >= 0.6 is 12.4 Å². The van der Waals surface area contributed by atoms with Crippen molar-refractivity contribution in [1.82, 2.24) is 4.98 Å². The minimum Gasteiger partial charge on any atom is -0.478 e. The number of rotatable bonds is 3. The Morgan fingerprint density at radius 1 is 1.19 bits per heavy atom. The van der Waals surface area contributed by atoms with E-state index in [1.54, 1.807) is 32.2 Å². The van der Waals surface area contributed by atoms with E-state index in [9.17, 15) is 15.0 Å². The summed E-state index contributed by atoms with van der Waals surface area (Å²) in [5.41, 5.74) is 1.99. The zero-order valence-corrected chi connectivity index (χ0v) is 12.9. The van der Waals surface area contributed by atoms with Crippen molar-refractivity contribution < 1.29 is 15.0 Å². The lowest BCUT2D eigenvalue weighted by molar-refractivity contribution is 0.0693. The van der Waals surface area contributed by atoms with E-state index in [2.05, 4.69) is 4.98 Å². The van der Waals surface area contributed by atoms with Crippen molar-refractivity contribution in [1.29, 1.82) is 0 Å². The van der Waals surface area contributed by atoms with E-state index in [4.69, 9.17) is 0 Å². The number of halogens is 1. The minimum atomic E-state index is -1.11. The third kappa shape index (κ3) is 4.03. The zero-order chi connectivity index (χ0) is 14.9. The molecular weight excluding hydrogens is 290 g/mol. The third-order valence-corrected chi connectivity index (χ3v) is 3.09. The van der Waals surface area contributed by atoms with E-state index < -0.39 is 11.6 Å². The summed E-state index contributed by atoms with van der Waals surface area (Å²) in [7, 11) is 0. The largest absolute Gasteiger partial charge is 0.478 e. The van der Waals surface area contributed by atoms with Crippen LogP contribution in [0.4, 0.5) is 0 Å². The molecule has 0 fully saturated rings. The molecule has 0 spiro atoms. The van der Waals surface area contributed by atoms with Crippen LogP contribution in [0.2, 0.25) is 0 Å². The number of aromatic carboxylic acids is 1. The smallest absolute Gasteiger partial charge is 0.335 e. The van der Waals surface area contributed by atoms with Crippen molar-refractivity contribution in [3.8, 4) is 11.3 Å². The van der Waals surface area contributed by atoms with E-state index in [1.165, 1.54) is 6.07 Å². The standard InChI is InChI=1S/C16H17NO3.ClH/c1-10-4-5-14(17-9-10)11-6-12(15(18)19)8-13(7-11)16(2,3)20;/h4-9,20H,1-3H3,(H,18,19);1H. The van der Waals surface area contributed by atoms with Crippen LogP contribution in [0, 0.1) is 6.92 Å². The van der Waals surface area contributed by atoms with Gasteiger partial charge in [0, 0.05) is 11.8 Å². The maximum absolute atomic E-state index is 11.2. The van der Waals surface area contributed by atoms with E-state index in [0.29, 0.717) is 16.8 Å². The van der Waals surface area contributed by atoms with Gasteiger partial charge in [0.2, 0.25) is 0 Å². The van der Waals surface area contributed by atoms with Crippen LogP contribution in [0.1, 0.15) is 35.3 Å². The summed E-state index contributed by atoms with van der Waals surface area (Å²) < 4.78 is 0. The van der Waals surface area contributed by atoms with Gasteiger partial charge in [-0.1, -0.05) is 6.07 Å². The molecule has 5 heteroatoms. The van der Waals surface area contributed by atoms with Gasteiger partial charge in [-0.2, -0.15) is 0 Å². The Kier molecular flexibility index (Phi) is 5.10. The van der Waals surface area contributed by atoms with Gasteiger partial charge in [-0.3, -0.25) is 4.98 Å². The molecule has 0 bridgehead atoms. The normalized spacial score (nSPS) is 10.9. The Balaban J connectivity index is 0.00000220. The number of pyridine rings is 1. The van der Waals surface area contributed by atoms with Crippen molar-refractivity contribution >= 4 is 18.4 Å². The quantitative estimate of drug-likeness (QED) is 0.911. The molecule has 1 heterocycles. The summed E-state index contributed by atoms with van der Waals surface area (Å²) in [6.07, 6.45) is 1.73. The lowest BCUT2D eigenvalue weighted by atomic mass is 9.93. The molecule has 2 rings (SSSR count). The predicted molar refractivity (Wildman–Crippen MR) is 83.9 cm³/mol. The van der Waals surface area contributed by atoms with Crippen molar-refractivity contribution in [2.75, 3.05) is 0 Å². The molecule has 4 nitrogen and oxygen atoms in total. The number of aliphatic hydroxyl groups is 1. The molecule has 0 unspecified atom stereocenters. The summed E-state index contributed by atoms with van der Waals surface area (Å²) in [5.74, 6) is -1.02. The van der Waals surface area contributed by atoms with Crippen LogP contribution < -0.4 is 0 Å². The fourth-order valence-electron chi connectivity index (χ4n) is 1.89. The van der Waals surface area contributed by atoms with Crippen LogP contribution in [0.3, 0.4) is 0 Å². The molecule has 1 aromatic carbocycles. The molecule has 0 aliphatic carbocycles. The summed E-state index contributed by atoms with van der Waals surface area (Å²) in [6.45, 7) is 5.19. The van der Waals surface area contributed by atoms with Gasteiger partial charge in [0.1, 0.15) is 0 Å². The molecule has 1 aromatic heterocycles. The number of carboxylic acid groups (broad SMARTS) is 1. The topological polar surface area (TPSA) is 70.4 Å². The van der Waals surface area contributed by atoms with Gasteiger partial charge in [0.25, 0.3) is 0 Å². The molecule has 0 aliphatic heterocycles. The average Bonchev–Trinajstić information content (AvgIpc) is 2.38. The summed E-state index contributed by atoms with van der Waals surface area (Å²) >= 11 is 0. The highest BCUT2D eigenvalue weighted by molar-refractivity contribution is 5.89. The number of hydrogen-bond acceptors (Lipinski definition) is 3. The molecule has 0 amide bonds. The maximum Gasteiger partial charge on any atom is 0.335 e. The van der Waals surface area contributed by atoms with Gasteiger partial charge in [0.05, 0.1) is 16.9 Å². The van der Waals surface area contributed by atoms with E-state index in [0.717, 1.165) is 5.56 Å². The number of aromatic nitrogens is 1. The second-order valence-electron chi connectivity index (χ2n) is 5.38. The monoisotopic (exact) mass is 307 g/mol. The summed E-state index contributed by atoms with van der Waals surface area (Å²) in [5, 5.41) is 19.3. The van der Waals surface area contributed by atoms with Gasteiger partial charge in [-0.15, -0.1) is 12.4 Å². The fraction of sp³-hybridized carbons (Fsp3) is 0.250. The van der Waals surface area contributed by atoms with E-state index in [1.807, 2.05) is 19.1 Å². The van der Waals surface area contributed by atoms with Gasteiger partial charge < -0.3 is 10.2 Å². The second-order valence-corrected chi connectivity index (χ2v) is 5.38. The average molecular weight is 308 g/mol. The van der Waals surface area contributed by atoms with Gasteiger partial charge >= 0.3 is 5.97 Å². The number of aryl methyl sites for hydroxylation is 1. The first kappa shape index (κ1) is 17.1. The van der Waals surface area contributed by atoms with Gasteiger partial charge in [-0.25, -0.2) is 4.79 Å². The van der Waals surface area contributed by atoms with Crippen LogP contribution in [0.15, 0.2) is 36.5 Å². The molecule has 0 aliphatic rings. The first-order valence-corrected chi connectivity index (χ1v) is 6.31. The lowest BCUT2D eigenvalue weighted by Gasteiger charge is -2.19. The molecule has 112 valence electrons. The Morgan fingerprint density at radius 2 is 1.86 bits per heavy atom. The molecule has 21 heavy (non-hydrogen) atoms. The number of carboxylic acids is 1. The van der Waals surface area contributed by atoms with Crippen molar-refractivity contribution in [2.24, 2.45) is 0 Å². The highest BCUT2D eigenvalue weighted by Crippen LogP contribution is 2.27. The SMILES string of the molecule is Cc1ccc(-c2cc(C(=O)O)cc(C(C)(C)O)c2)nc1.Cl. The van der Waals surface area contributed by atoms with Gasteiger partial charge in [-0.05, 0) is 56.2 Å². The van der Waals surface area contributed by atoms with E-state index in [-0.39, 0.29) is 18.0 Å². The Hall–Kier alpha value is -1.91. The first-order valence-electron chi connectivity index (χ1n) is 6.31. The molecule has 2 aromatic rings.